The Morgan fingerprint density at radius 1 is 1.00 bits per heavy atom. The third-order valence-corrected chi connectivity index (χ3v) is 13.8. The fourth-order valence-electron chi connectivity index (χ4n) is 11.7. The van der Waals surface area contributed by atoms with E-state index in [9.17, 15) is 4.79 Å². The second-order valence-electron chi connectivity index (χ2n) is 15.6. The SMILES string of the molecule is Br.C=CCC1CC(NC(=O)CC[C@@H](C)[C@H]2CC[C@H]3[C@@H]4CCC5CCCC[C@]5(C)[C@H]4CC[C@]23C)CCN1c1ccccc1. The van der Waals surface area contributed by atoms with Crippen LogP contribution in [-0.4, -0.2) is 24.5 Å². The van der Waals surface area contributed by atoms with Crippen molar-refractivity contribution in [1.29, 1.82) is 0 Å². The van der Waals surface area contributed by atoms with Crippen LogP contribution < -0.4 is 10.2 Å². The molecule has 42 heavy (non-hydrogen) atoms. The molecule has 4 aliphatic carbocycles. The van der Waals surface area contributed by atoms with Crippen molar-refractivity contribution >= 4 is 28.6 Å². The fraction of sp³-hybridized carbons (Fsp3) is 0.763. The predicted molar refractivity (Wildman–Crippen MR) is 182 cm³/mol. The molecule has 0 aromatic heterocycles. The summed E-state index contributed by atoms with van der Waals surface area (Å²) in [5.41, 5.74) is 2.42. The number of halogens is 1. The van der Waals surface area contributed by atoms with Gasteiger partial charge in [0.2, 0.25) is 5.91 Å². The molecule has 5 aliphatic rings. The van der Waals surface area contributed by atoms with Crippen LogP contribution in [0.2, 0.25) is 0 Å². The van der Waals surface area contributed by atoms with Crippen molar-refractivity contribution in [2.45, 2.75) is 129 Å². The van der Waals surface area contributed by atoms with Gasteiger partial charge < -0.3 is 10.2 Å². The fourth-order valence-corrected chi connectivity index (χ4v) is 11.7. The first-order valence-corrected chi connectivity index (χ1v) is 17.6. The third kappa shape index (κ3) is 6.01. The lowest BCUT2D eigenvalue weighted by atomic mass is 9.44. The van der Waals surface area contributed by atoms with Gasteiger partial charge in [-0.15, -0.1) is 23.6 Å². The Kier molecular flexibility index (Phi) is 10.2. The van der Waals surface area contributed by atoms with Crippen LogP contribution in [0.5, 0.6) is 0 Å². The number of fused-ring (bicyclic) bond motifs is 5. The molecule has 1 saturated heterocycles. The highest BCUT2D eigenvalue weighted by Gasteiger charge is 2.60. The number of anilines is 1. The van der Waals surface area contributed by atoms with Crippen molar-refractivity contribution in [2.24, 2.45) is 46.3 Å². The molecule has 234 valence electrons. The maximum atomic E-state index is 13.2. The number of hydrogen-bond acceptors (Lipinski definition) is 2. The number of hydrogen-bond donors (Lipinski definition) is 1. The highest BCUT2D eigenvalue weighted by molar-refractivity contribution is 8.93. The molecule has 1 N–H and O–H groups in total. The van der Waals surface area contributed by atoms with Gasteiger partial charge in [-0.1, -0.05) is 57.9 Å². The van der Waals surface area contributed by atoms with Crippen LogP contribution >= 0.6 is 17.0 Å². The standard InChI is InChI=1S/C38H58N2O.BrH/c1-5-11-31-26-29(22-25-40(31)30-13-7-6-8-14-30)39-36(41)20-15-27(2)33-18-19-34-32-17-16-28-12-9-10-23-37(28,3)35(32)21-24-38(33,34)4;/h5-8,13-14,27-29,31-35H,1,9-12,15-26H2,2-4H3,(H,39,41);1H/t27-,28?,29?,31?,32+,33-,34+,35+,37+,38-;/m1./s1. The highest BCUT2D eigenvalue weighted by Crippen LogP contribution is 2.68. The smallest absolute Gasteiger partial charge is 0.220 e. The predicted octanol–water partition coefficient (Wildman–Crippen LogP) is 9.76. The van der Waals surface area contributed by atoms with Crippen LogP contribution in [0, 0.1) is 46.3 Å². The van der Waals surface area contributed by atoms with Crippen molar-refractivity contribution < 1.29 is 4.79 Å². The number of piperidine rings is 1. The first-order valence-electron chi connectivity index (χ1n) is 17.6. The van der Waals surface area contributed by atoms with Gasteiger partial charge in [0, 0.05) is 30.7 Å². The molecule has 0 bridgehead atoms. The van der Waals surface area contributed by atoms with Crippen LogP contribution in [0.3, 0.4) is 0 Å². The van der Waals surface area contributed by atoms with Crippen LogP contribution in [0.1, 0.15) is 117 Å². The number of amides is 1. The summed E-state index contributed by atoms with van der Waals surface area (Å²) in [5.74, 6) is 5.61. The van der Waals surface area contributed by atoms with E-state index in [0.717, 1.165) is 61.8 Å². The Morgan fingerprint density at radius 2 is 1.79 bits per heavy atom. The third-order valence-electron chi connectivity index (χ3n) is 13.8. The number of rotatable bonds is 8. The molecule has 1 amide bonds. The summed E-state index contributed by atoms with van der Waals surface area (Å²) in [5, 5.41) is 3.46. The quantitative estimate of drug-likeness (QED) is 0.287. The lowest BCUT2D eigenvalue weighted by Gasteiger charge is -2.61. The summed E-state index contributed by atoms with van der Waals surface area (Å²) in [6.45, 7) is 12.9. The second-order valence-corrected chi connectivity index (χ2v) is 15.6. The minimum atomic E-state index is 0. The number of para-hydroxylation sites is 1. The van der Waals surface area contributed by atoms with E-state index in [1.807, 2.05) is 6.08 Å². The van der Waals surface area contributed by atoms with Gasteiger partial charge in [-0.2, -0.15) is 0 Å². The molecular weight excluding hydrogens is 580 g/mol. The average Bonchev–Trinajstić information content (AvgIpc) is 3.34. The van der Waals surface area contributed by atoms with Crippen LogP contribution in [-0.2, 0) is 4.79 Å². The van der Waals surface area contributed by atoms with Gasteiger partial charge >= 0.3 is 0 Å². The van der Waals surface area contributed by atoms with Crippen molar-refractivity contribution in [3.8, 4) is 0 Å². The Bertz CT molecular complexity index is 1060. The largest absolute Gasteiger partial charge is 0.368 e. The van der Waals surface area contributed by atoms with Crippen molar-refractivity contribution in [3.63, 3.8) is 0 Å². The Hall–Kier alpha value is -1.29. The Labute approximate surface area is 267 Å². The lowest BCUT2D eigenvalue weighted by molar-refractivity contribution is -0.123. The first-order chi connectivity index (χ1) is 19.8. The summed E-state index contributed by atoms with van der Waals surface area (Å²) >= 11 is 0. The average molecular weight is 640 g/mol. The van der Waals surface area contributed by atoms with E-state index >= 15 is 0 Å². The van der Waals surface area contributed by atoms with Crippen molar-refractivity contribution in [3.05, 3.63) is 43.0 Å². The summed E-state index contributed by atoms with van der Waals surface area (Å²) in [6, 6.07) is 11.4. The summed E-state index contributed by atoms with van der Waals surface area (Å²) in [7, 11) is 0. The van der Waals surface area contributed by atoms with Gasteiger partial charge in [-0.3, -0.25) is 4.79 Å². The molecule has 3 unspecified atom stereocenters. The maximum absolute atomic E-state index is 13.2. The van der Waals surface area contributed by atoms with Crippen molar-refractivity contribution in [2.75, 3.05) is 11.4 Å². The molecule has 10 atom stereocenters. The normalized spacial score (nSPS) is 40.1. The van der Waals surface area contributed by atoms with Gasteiger partial charge in [0.1, 0.15) is 0 Å². The molecule has 1 aliphatic heterocycles. The monoisotopic (exact) mass is 638 g/mol. The first kappa shape index (κ1) is 32.1. The van der Waals surface area contributed by atoms with Gasteiger partial charge in [0.25, 0.3) is 0 Å². The van der Waals surface area contributed by atoms with E-state index < -0.39 is 0 Å². The number of benzene rings is 1. The van der Waals surface area contributed by atoms with Gasteiger partial charge in [-0.05, 0) is 136 Å². The lowest BCUT2D eigenvalue weighted by Crippen LogP contribution is -2.53. The molecule has 3 nitrogen and oxygen atoms in total. The Balaban J connectivity index is 0.00000353. The summed E-state index contributed by atoms with van der Waals surface area (Å²) < 4.78 is 0. The minimum absolute atomic E-state index is 0. The second kappa shape index (κ2) is 13.4. The van der Waals surface area contributed by atoms with Gasteiger partial charge in [0.05, 0.1) is 0 Å². The number of nitrogens with one attached hydrogen (secondary N) is 1. The van der Waals surface area contributed by atoms with E-state index in [4.69, 9.17) is 0 Å². The summed E-state index contributed by atoms with van der Waals surface area (Å²) in [6.07, 6.45) is 21.5. The van der Waals surface area contributed by atoms with E-state index in [-0.39, 0.29) is 28.9 Å². The zero-order chi connectivity index (χ0) is 28.6. The van der Waals surface area contributed by atoms with E-state index in [1.165, 1.54) is 69.9 Å². The van der Waals surface area contributed by atoms with Gasteiger partial charge in [-0.25, -0.2) is 0 Å². The molecule has 1 aromatic carbocycles. The minimum Gasteiger partial charge on any atom is -0.368 e. The molecule has 4 saturated carbocycles. The molecular formula is C38H59BrN2O. The van der Waals surface area contributed by atoms with Crippen LogP contribution in [0.15, 0.2) is 43.0 Å². The molecule has 6 rings (SSSR count). The van der Waals surface area contributed by atoms with E-state index in [1.54, 1.807) is 0 Å². The van der Waals surface area contributed by atoms with E-state index in [2.05, 4.69) is 67.9 Å². The number of nitrogens with zero attached hydrogens (tertiary/aromatic N) is 1. The maximum Gasteiger partial charge on any atom is 0.220 e. The Morgan fingerprint density at radius 3 is 2.57 bits per heavy atom. The zero-order valence-corrected chi connectivity index (χ0v) is 28.6. The molecule has 0 radical (unpaired) electrons. The van der Waals surface area contributed by atoms with Crippen molar-refractivity contribution in [1.82, 2.24) is 5.32 Å². The highest BCUT2D eigenvalue weighted by atomic mass is 79.9. The molecule has 1 aromatic rings. The topological polar surface area (TPSA) is 32.3 Å². The van der Waals surface area contributed by atoms with Crippen LogP contribution in [0.25, 0.3) is 0 Å². The van der Waals surface area contributed by atoms with Crippen LogP contribution in [0.4, 0.5) is 5.69 Å². The summed E-state index contributed by atoms with van der Waals surface area (Å²) in [4.78, 5) is 15.7. The van der Waals surface area contributed by atoms with Gasteiger partial charge in [0.15, 0.2) is 0 Å². The number of carbonyl (C=O) groups is 1. The zero-order valence-electron chi connectivity index (χ0n) is 26.9. The molecule has 0 spiro atoms. The molecule has 5 fully saturated rings. The number of carbonyl (C=O) groups excluding carboxylic acids is 1. The molecule has 4 heteroatoms. The van der Waals surface area contributed by atoms with E-state index in [0.29, 0.717) is 29.2 Å². The molecule has 1 heterocycles.